The molecule has 0 aliphatic heterocycles. The van der Waals surface area contributed by atoms with Gasteiger partial charge in [0.1, 0.15) is 5.69 Å². The Morgan fingerprint density at radius 3 is 2.70 bits per heavy atom. The minimum Gasteiger partial charge on any atom is -0.504 e. The molecule has 0 aliphatic carbocycles. The lowest BCUT2D eigenvalue weighted by atomic mass is 10.2. The Balaban J connectivity index is 2.31. The van der Waals surface area contributed by atoms with E-state index < -0.39 is 0 Å². The van der Waals surface area contributed by atoms with Crippen molar-refractivity contribution >= 4 is 34.8 Å². The summed E-state index contributed by atoms with van der Waals surface area (Å²) in [4.78, 5) is 12.2. The molecule has 20 heavy (non-hydrogen) atoms. The number of phenols is 1. The quantitative estimate of drug-likeness (QED) is 0.829. The van der Waals surface area contributed by atoms with Crippen molar-refractivity contribution in [2.45, 2.75) is 19.9 Å². The summed E-state index contributed by atoms with van der Waals surface area (Å²) < 4.78 is 1.83. The van der Waals surface area contributed by atoms with Gasteiger partial charge in [0.05, 0.1) is 10.7 Å². The molecule has 0 saturated heterocycles. The first-order chi connectivity index (χ1) is 9.40. The number of anilines is 1. The maximum Gasteiger partial charge on any atom is 0.272 e. The second-order valence-electron chi connectivity index (χ2n) is 4.63. The van der Waals surface area contributed by atoms with Gasteiger partial charge < -0.3 is 15.0 Å². The molecule has 1 aromatic carbocycles. The maximum atomic E-state index is 12.2. The molecule has 0 atom stereocenters. The summed E-state index contributed by atoms with van der Waals surface area (Å²) in [5.74, 6) is -0.538. The van der Waals surface area contributed by atoms with Crippen LogP contribution in [-0.4, -0.2) is 15.6 Å². The molecule has 2 aromatic rings. The molecule has 0 unspecified atom stereocenters. The number of hydrogen-bond donors (Lipinski definition) is 2. The molecule has 0 radical (unpaired) electrons. The number of amides is 1. The molecule has 0 saturated carbocycles. The van der Waals surface area contributed by atoms with Gasteiger partial charge in [-0.05, 0) is 38.1 Å². The lowest BCUT2D eigenvalue weighted by Gasteiger charge is -2.14. The summed E-state index contributed by atoms with van der Waals surface area (Å²) in [7, 11) is 0. The van der Waals surface area contributed by atoms with Crippen LogP contribution in [0.1, 0.15) is 30.4 Å². The second kappa shape index (κ2) is 5.77. The molecule has 0 fully saturated rings. The lowest BCUT2D eigenvalue weighted by molar-refractivity contribution is 0.101. The highest BCUT2D eigenvalue weighted by molar-refractivity contribution is 6.36. The zero-order valence-corrected chi connectivity index (χ0v) is 12.5. The number of nitrogens with one attached hydrogen (secondary N) is 1. The molecule has 4 nitrogen and oxygen atoms in total. The Hall–Kier alpha value is -1.65. The minimum absolute atomic E-state index is 0.0899. The van der Waals surface area contributed by atoms with Crippen LogP contribution in [0.2, 0.25) is 10.0 Å². The summed E-state index contributed by atoms with van der Waals surface area (Å²) in [5.41, 5.74) is 0.680. The fraction of sp³-hybridized carbons (Fsp3) is 0.214. The number of halogens is 2. The van der Waals surface area contributed by atoms with Gasteiger partial charge in [0, 0.05) is 17.3 Å². The lowest BCUT2D eigenvalue weighted by Crippen LogP contribution is -2.17. The van der Waals surface area contributed by atoms with E-state index in [0.717, 1.165) is 0 Å². The second-order valence-corrected chi connectivity index (χ2v) is 5.48. The molecule has 1 heterocycles. The zero-order chi connectivity index (χ0) is 14.9. The van der Waals surface area contributed by atoms with Gasteiger partial charge in [-0.25, -0.2) is 0 Å². The van der Waals surface area contributed by atoms with E-state index in [0.29, 0.717) is 10.7 Å². The van der Waals surface area contributed by atoms with Crippen LogP contribution in [0.5, 0.6) is 5.75 Å². The van der Waals surface area contributed by atoms with Crippen molar-refractivity contribution in [1.82, 2.24) is 4.57 Å². The largest absolute Gasteiger partial charge is 0.504 e. The summed E-state index contributed by atoms with van der Waals surface area (Å²) in [6.07, 6.45) is 1.82. The molecule has 0 aliphatic rings. The third-order valence-electron chi connectivity index (χ3n) is 2.84. The normalized spacial score (nSPS) is 10.8. The van der Waals surface area contributed by atoms with E-state index in [1.165, 1.54) is 12.1 Å². The number of benzene rings is 1. The number of nitrogens with zero attached hydrogens (tertiary/aromatic N) is 1. The van der Waals surface area contributed by atoms with Crippen molar-refractivity contribution in [2.75, 3.05) is 5.32 Å². The van der Waals surface area contributed by atoms with Crippen LogP contribution in [0, 0.1) is 0 Å². The highest BCUT2D eigenvalue weighted by Gasteiger charge is 2.16. The van der Waals surface area contributed by atoms with Gasteiger partial charge in [-0.3, -0.25) is 4.79 Å². The first-order valence-electron chi connectivity index (χ1n) is 6.06. The van der Waals surface area contributed by atoms with Gasteiger partial charge in [-0.15, -0.1) is 0 Å². The van der Waals surface area contributed by atoms with Crippen molar-refractivity contribution in [1.29, 1.82) is 0 Å². The van der Waals surface area contributed by atoms with Crippen molar-refractivity contribution in [3.63, 3.8) is 0 Å². The van der Waals surface area contributed by atoms with Gasteiger partial charge in [-0.1, -0.05) is 23.2 Å². The van der Waals surface area contributed by atoms with E-state index in [1.54, 1.807) is 12.1 Å². The maximum absolute atomic E-state index is 12.2. The summed E-state index contributed by atoms with van der Waals surface area (Å²) >= 11 is 11.7. The number of carbonyl (C=O) groups is 1. The van der Waals surface area contributed by atoms with Crippen LogP contribution < -0.4 is 5.32 Å². The van der Waals surface area contributed by atoms with Gasteiger partial charge in [0.2, 0.25) is 0 Å². The summed E-state index contributed by atoms with van der Waals surface area (Å²) in [6, 6.07) is 6.51. The monoisotopic (exact) mass is 312 g/mol. The number of phenolic OH excluding ortho intramolecular Hbond substituents is 1. The average Bonchev–Trinajstić information content (AvgIpc) is 2.84. The van der Waals surface area contributed by atoms with Gasteiger partial charge in [-0.2, -0.15) is 0 Å². The van der Waals surface area contributed by atoms with Crippen molar-refractivity contribution in [3.05, 3.63) is 46.2 Å². The molecular weight excluding hydrogens is 299 g/mol. The average molecular weight is 313 g/mol. The van der Waals surface area contributed by atoms with E-state index in [1.807, 2.05) is 24.6 Å². The zero-order valence-electron chi connectivity index (χ0n) is 11.0. The standard InChI is InChI=1S/C14H14Cl2N2O2/c1-8(2)18-5-3-4-12(18)14(20)17-11-7-9(15)6-10(16)13(11)19/h3-8,19H,1-2H3,(H,17,20). The molecule has 1 amide bonds. The van der Waals surface area contributed by atoms with Crippen LogP contribution in [0.3, 0.4) is 0 Å². The highest BCUT2D eigenvalue weighted by Crippen LogP contribution is 2.35. The Kier molecular flexibility index (Phi) is 4.26. The van der Waals surface area contributed by atoms with Crippen LogP contribution >= 0.6 is 23.2 Å². The number of aromatic hydroxyl groups is 1. The third-order valence-corrected chi connectivity index (χ3v) is 3.35. The first kappa shape index (κ1) is 14.8. The minimum atomic E-state index is -0.336. The van der Waals surface area contributed by atoms with Crippen molar-refractivity contribution in [2.24, 2.45) is 0 Å². The number of aromatic nitrogens is 1. The Bertz CT molecular complexity index is 651. The smallest absolute Gasteiger partial charge is 0.272 e. The summed E-state index contributed by atoms with van der Waals surface area (Å²) in [6.45, 7) is 3.95. The summed E-state index contributed by atoms with van der Waals surface area (Å²) in [5, 5.41) is 12.9. The number of carbonyl (C=O) groups excluding carboxylic acids is 1. The predicted octanol–water partition coefficient (Wildman–Crippen LogP) is 4.33. The van der Waals surface area contributed by atoms with Crippen LogP contribution in [-0.2, 0) is 0 Å². The Morgan fingerprint density at radius 1 is 1.35 bits per heavy atom. The number of rotatable bonds is 3. The van der Waals surface area contributed by atoms with Gasteiger partial charge in [0.15, 0.2) is 5.75 Å². The predicted molar refractivity (Wildman–Crippen MR) is 80.9 cm³/mol. The van der Waals surface area contributed by atoms with Gasteiger partial charge in [0.25, 0.3) is 5.91 Å². The fourth-order valence-electron chi connectivity index (χ4n) is 1.88. The Labute approximate surface area is 126 Å². The molecule has 0 spiro atoms. The topological polar surface area (TPSA) is 54.3 Å². The highest BCUT2D eigenvalue weighted by atomic mass is 35.5. The van der Waals surface area contributed by atoms with E-state index in [-0.39, 0.29) is 28.4 Å². The van der Waals surface area contributed by atoms with Gasteiger partial charge >= 0.3 is 0 Å². The van der Waals surface area contributed by atoms with Crippen LogP contribution in [0.25, 0.3) is 0 Å². The van der Waals surface area contributed by atoms with Crippen LogP contribution in [0.15, 0.2) is 30.5 Å². The fourth-order valence-corrected chi connectivity index (χ4v) is 2.38. The molecule has 2 N–H and O–H groups in total. The Morgan fingerprint density at radius 2 is 2.05 bits per heavy atom. The van der Waals surface area contributed by atoms with E-state index in [4.69, 9.17) is 23.2 Å². The van der Waals surface area contributed by atoms with Crippen LogP contribution in [0.4, 0.5) is 5.69 Å². The van der Waals surface area contributed by atoms with E-state index >= 15 is 0 Å². The number of hydrogen-bond acceptors (Lipinski definition) is 2. The molecule has 2 rings (SSSR count). The molecular formula is C14H14Cl2N2O2. The molecule has 1 aromatic heterocycles. The van der Waals surface area contributed by atoms with E-state index in [2.05, 4.69) is 5.32 Å². The van der Waals surface area contributed by atoms with Crippen molar-refractivity contribution in [3.8, 4) is 5.75 Å². The molecule has 106 valence electrons. The first-order valence-corrected chi connectivity index (χ1v) is 6.82. The van der Waals surface area contributed by atoms with E-state index in [9.17, 15) is 9.90 Å². The van der Waals surface area contributed by atoms with Crippen molar-refractivity contribution < 1.29 is 9.90 Å². The SMILES string of the molecule is CC(C)n1cccc1C(=O)Nc1cc(Cl)cc(Cl)c1O. The molecule has 0 bridgehead atoms. The molecule has 6 heteroatoms. The third kappa shape index (κ3) is 2.92.